The third-order valence-corrected chi connectivity index (χ3v) is 2.45. The van der Waals surface area contributed by atoms with Crippen LogP contribution < -0.4 is 4.74 Å². The smallest absolute Gasteiger partial charge is 0.184 e. The standard InChI is InChI=1S/C13H17NO2/c1-3-10(9-14)16-13-8-6-5-7-11(13)12(15)4-2/h5-8,10,12,15H,3-4H2,1-2H3. The van der Waals surface area contributed by atoms with E-state index in [0.29, 0.717) is 18.6 Å². The van der Waals surface area contributed by atoms with E-state index in [1.54, 1.807) is 6.07 Å². The molecule has 0 amide bonds. The molecule has 0 bridgehead atoms. The highest BCUT2D eigenvalue weighted by Crippen LogP contribution is 2.27. The van der Waals surface area contributed by atoms with Gasteiger partial charge >= 0.3 is 0 Å². The van der Waals surface area contributed by atoms with Crippen LogP contribution in [-0.4, -0.2) is 11.2 Å². The van der Waals surface area contributed by atoms with Gasteiger partial charge in [0.25, 0.3) is 0 Å². The zero-order chi connectivity index (χ0) is 12.0. The fourth-order valence-corrected chi connectivity index (χ4v) is 1.44. The number of ether oxygens (including phenoxy) is 1. The maximum absolute atomic E-state index is 9.81. The van der Waals surface area contributed by atoms with Crippen LogP contribution in [0.25, 0.3) is 0 Å². The molecule has 0 aliphatic heterocycles. The van der Waals surface area contributed by atoms with Crippen molar-refractivity contribution < 1.29 is 9.84 Å². The zero-order valence-corrected chi connectivity index (χ0v) is 9.68. The summed E-state index contributed by atoms with van der Waals surface area (Å²) in [7, 11) is 0. The number of rotatable bonds is 5. The fraction of sp³-hybridized carbons (Fsp3) is 0.462. The van der Waals surface area contributed by atoms with Crippen molar-refractivity contribution in [2.45, 2.75) is 38.9 Å². The highest BCUT2D eigenvalue weighted by Gasteiger charge is 2.14. The van der Waals surface area contributed by atoms with E-state index in [0.717, 1.165) is 5.56 Å². The van der Waals surface area contributed by atoms with Crippen LogP contribution >= 0.6 is 0 Å². The fourth-order valence-electron chi connectivity index (χ4n) is 1.44. The second kappa shape index (κ2) is 6.14. The Kier molecular flexibility index (Phi) is 4.81. The molecule has 1 N–H and O–H groups in total. The van der Waals surface area contributed by atoms with E-state index in [-0.39, 0.29) is 0 Å². The highest BCUT2D eigenvalue weighted by molar-refractivity contribution is 5.35. The van der Waals surface area contributed by atoms with Gasteiger partial charge in [0.1, 0.15) is 11.8 Å². The summed E-state index contributed by atoms with van der Waals surface area (Å²) in [6.45, 7) is 3.80. The summed E-state index contributed by atoms with van der Waals surface area (Å²) in [4.78, 5) is 0. The Balaban J connectivity index is 2.91. The predicted molar refractivity (Wildman–Crippen MR) is 62.0 cm³/mol. The molecule has 16 heavy (non-hydrogen) atoms. The number of hydrogen-bond acceptors (Lipinski definition) is 3. The van der Waals surface area contributed by atoms with Crippen molar-refractivity contribution >= 4 is 0 Å². The number of hydrogen-bond donors (Lipinski definition) is 1. The topological polar surface area (TPSA) is 53.2 Å². The summed E-state index contributed by atoms with van der Waals surface area (Å²) in [5, 5.41) is 18.6. The maximum Gasteiger partial charge on any atom is 0.184 e. The Morgan fingerprint density at radius 1 is 1.31 bits per heavy atom. The van der Waals surface area contributed by atoms with E-state index in [1.165, 1.54) is 0 Å². The molecule has 0 aromatic heterocycles. The average molecular weight is 219 g/mol. The summed E-state index contributed by atoms with van der Waals surface area (Å²) >= 11 is 0. The normalized spacial score (nSPS) is 13.9. The molecular formula is C13H17NO2. The number of aliphatic hydroxyl groups excluding tert-OH is 1. The van der Waals surface area contributed by atoms with Crippen molar-refractivity contribution in [1.29, 1.82) is 5.26 Å². The van der Waals surface area contributed by atoms with E-state index in [4.69, 9.17) is 10.00 Å². The molecule has 0 saturated carbocycles. The van der Waals surface area contributed by atoms with Gasteiger partial charge in [-0.15, -0.1) is 0 Å². The highest BCUT2D eigenvalue weighted by atomic mass is 16.5. The molecule has 0 spiro atoms. The first-order chi connectivity index (χ1) is 7.72. The minimum atomic E-state index is -0.535. The lowest BCUT2D eigenvalue weighted by Crippen LogP contribution is -2.14. The molecule has 1 rings (SSSR count). The summed E-state index contributed by atoms with van der Waals surface area (Å²) in [5.74, 6) is 0.602. The molecule has 2 unspecified atom stereocenters. The van der Waals surface area contributed by atoms with Crippen molar-refractivity contribution in [2.24, 2.45) is 0 Å². The Hall–Kier alpha value is -1.53. The molecule has 3 nitrogen and oxygen atoms in total. The monoisotopic (exact) mass is 219 g/mol. The zero-order valence-electron chi connectivity index (χ0n) is 9.68. The largest absolute Gasteiger partial charge is 0.475 e. The van der Waals surface area contributed by atoms with E-state index in [2.05, 4.69) is 6.07 Å². The second-order valence-electron chi connectivity index (χ2n) is 3.61. The van der Waals surface area contributed by atoms with Crippen LogP contribution in [0.2, 0.25) is 0 Å². The second-order valence-corrected chi connectivity index (χ2v) is 3.61. The van der Waals surface area contributed by atoms with Crippen LogP contribution in [-0.2, 0) is 0 Å². The number of aliphatic hydroxyl groups is 1. The molecule has 0 heterocycles. The Bertz CT molecular complexity index is 370. The van der Waals surface area contributed by atoms with Gasteiger partial charge in [-0.1, -0.05) is 32.0 Å². The van der Waals surface area contributed by atoms with Crippen LogP contribution in [0.3, 0.4) is 0 Å². The van der Waals surface area contributed by atoms with Gasteiger partial charge in [0.15, 0.2) is 6.10 Å². The van der Waals surface area contributed by atoms with Crippen LogP contribution in [0.1, 0.15) is 38.4 Å². The predicted octanol–water partition coefficient (Wildman–Crippen LogP) is 2.81. The lowest BCUT2D eigenvalue weighted by atomic mass is 10.1. The minimum absolute atomic E-state index is 0.454. The van der Waals surface area contributed by atoms with Crippen LogP contribution in [0.5, 0.6) is 5.75 Å². The SMILES string of the molecule is CCC(C#N)Oc1ccccc1C(O)CC. The van der Waals surface area contributed by atoms with Gasteiger partial charge in [-0.05, 0) is 18.9 Å². The summed E-state index contributed by atoms with van der Waals surface area (Å²) in [6, 6.07) is 9.39. The van der Waals surface area contributed by atoms with Gasteiger partial charge in [0.2, 0.25) is 0 Å². The molecule has 1 aromatic carbocycles. The molecular weight excluding hydrogens is 202 g/mol. The van der Waals surface area contributed by atoms with Gasteiger partial charge in [0, 0.05) is 5.56 Å². The van der Waals surface area contributed by atoms with Crippen molar-refractivity contribution in [3.05, 3.63) is 29.8 Å². The Labute approximate surface area is 96.3 Å². The third-order valence-electron chi connectivity index (χ3n) is 2.45. The maximum atomic E-state index is 9.81. The molecule has 0 radical (unpaired) electrons. The summed E-state index contributed by atoms with van der Waals surface area (Å²) in [6.07, 6.45) is 0.272. The number of para-hydroxylation sites is 1. The average Bonchev–Trinajstić information content (AvgIpc) is 2.35. The lowest BCUT2D eigenvalue weighted by molar-refractivity contribution is 0.163. The molecule has 2 atom stereocenters. The first-order valence-electron chi connectivity index (χ1n) is 5.56. The van der Waals surface area contributed by atoms with Gasteiger partial charge in [-0.2, -0.15) is 5.26 Å². The molecule has 86 valence electrons. The van der Waals surface area contributed by atoms with Gasteiger partial charge in [-0.25, -0.2) is 0 Å². The molecule has 0 aliphatic rings. The minimum Gasteiger partial charge on any atom is -0.475 e. The van der Waals surface area contributed by atoms with E-state index >= 15 is 0 Å². The quantitative estimate of drug-likeness (QED) is 0.828. The number of nitriles is 1. The van der Waals surface area contributed by atoms with E-state index in [1.807, 2.05) is 32.0 Å². The van der Waals surface area contributed by atoms with E-state index in [9.17, 15) is 5.11 Å². The van der Waals surface area contributed by atoms with Crippen LogP contribution in [0.4, 0.5) is 0 Å². The first-order valence-corrected chi connectivity index (χ1v) is 5.56. The first kappa shape index (κ1) is 12.5. The van der Waals surface area contributed by atoms with Gasteiger partial charge in [-0.3, -0.25) is 0 Å². The van der Waals surface area contributed by atoms with Gasteiger partial charge in [0.05, 0.1) is 6.10 Å². The third kappa shape index (κ3) is 2.98. The van der Waals surface area contributed by atoms with Crippen LogP contribution in [0.15, 0.2) is 24.3 Å². The Morgan fingerprint density at radius 2 is 2.00 bits per heavy atom. The van der Waals surface area contributed by atoms with Crippen molar-refractivity contribution in [3.8, 4) is 11.8 Å². The molecule has 0 saturated heterocycles. The van der Waals surface area contributed by atoms with E-state index < -0.39 is 12.2 Å². The molecule has 0 fully saturated rings. The number of nitrogens with zero attached hydrogens (tertiary/aromatic N) is 1. The van der Waals surface area contributed by atoms with Crippen molar-refractivity contribution in [2.75, 3.05) is 0 Å². The van der Waals surface area contributed by atoms with Crippen molar-refractivity contribution in [1.82, 2.24) is 0 Å². The van der Waals surface area contributed by atoms with Gasteiger partial charge < -0.3 is 9.84 Å². The van der Waals surface area contributed by atoms with Crippen LogP contribution in [0, 0.1) is 11.3 Å². The summed E-state index contributed by atoms with van der Waals surface area (Å²) < 4.78 is 5.55. The molecule has 3 heteroatoms. The molecule has 1 aromatic rings. The Morgan fingerprint density at radius 3 is 2.56 bits per heavy atom. The van der Waals surface area contributed by atoms with Crippen molar-refractivity contribution in [3.63, 3.8) is 0 Å². The molecule has 0 aliphatic carbocycles. The summed E-state index contributed by atoms with van der Waals surface area (Å²) in [5.41, 5.74) is 0.749. The number of benzene rings is 1. The lowest BCUT2D eigenvalue weighted by Gasteiger charge is -2.16.